The first-order valence-electron chi connectivity index (χ1n) is 6.35. The van der Waals surface area contributed by atoms with Crippen LogP contribution >= 0.6 is 11.6 Å². The molecule has 0 saturated carbocycles. The van der Waals surface area contributed by atoms with Gasteiger partial charge in [-0.2, -0.15) is 0 Å². The highest BCUT2D eigenvalue weighted by atomic mass is 35.5. The molecule has 0 fully saturated rings. The Balaban J connectivity index is 2.25. The third-order valence-corrected chi connectivity index (χ3v) is 3.20. The van der Waals surface area contributed by atoms with Crippen molar-refractivity contribution >= 4 is 34.4 Å². The van der Waals surface area contributed by atoms with E-state index < -0.39 is 0 Å². The Morgan fingerprint density at radius 1 is 1.32 bits per heavy atom. The Labute approximate surface area is 117 Å². The van der Waals surface area contributed by atoms with Crippen molar-refractivity contribution in [2.45, 2.75) is 26.7 Å². The number of rotatable bonds is 4. The van der Waals surface area contributed by atoms with Gasteiger partial charge in [0.2, 0.25) is 5.91 Å². The van der Waals surface area contributed by atoms with Gasteiger partial charge in [0.05, 0.1) is 11.0 Å². The van der Waals surface area contributed by atoms with Gasteiger partial charge in [0.25, 0.3) is 0 Å². The minimum Gasteiger partial charge on any atom is -0.308 e. The van der Waals surface area contributed by atoms with Gasteiger partial charge in [-0.05, 0) is 18.6 Å². The number of benzene rings is 1. The van der Waals surface area contributed by atoms with Crippen LogP contribution in [-0.4, -0.2) is 15.9 Å². The van der Waals surface area contributed by atoms with E-state index in [9.17, 15) is 4.79 Å². The number of carbonyl (C=O) groups is 1. The fraction of sp³-hybridized carbons (Fsp3) is 0.357. The van der Waals surface area contributed by atoms with Gasteiger partial charge in [0.1, 0.15) is 0 Å². The molecule has 100 valence electrons. The van der Waals surface area contributed by atoms with Crippen LogP contribution in [-0.2, 0) is 4.79 Å². The summed E-state index contributed by atoms with van der Waals surface area (Å²) in [6, 6.07) is 7.41. The molecule has 0 bridgehead atoms. The smallest absolute Gasteiger partial charge is 0.228 e. The maximum absolute atomic E-state index is 12.0. The first-order valence-corrected chi connectivity index (χ1v) is 6.72. The highest BCUT2D eigenvalue weighted by molar-refractivity contribution is 6.32. The Hall–Kier alpha value is -1.68. The minimum atomic E-state index is -0.0756. The molecule has 2 rings (SSSR count). The predicted molar refractivity (Wildman–Crippen MR) is 77.2 cm³/mol. The summed E-state index contributed by atoms with van der Waals surface area (Å²) in [6.45, 7) is 3.94. The van der Waals surface area contributed by atoms with E-state index in [1.807, 2.05) is 38.1 Å². The molecule has 1 N–H and O–H groups in total. The average molecular weight is 278 g/mol. The van der Waals surface area contributed by atoms with Crippen molar-refractivity contribution < 1.29 is 4.79 Å². The molecule has 0 radical (unpaired) electrons. The minimum absolute atomic E-state index is 0.0608. The van der Waals surface area contributed by atoms with Crippen LogP contribution in [0.3, 0.4) is 0 Å². The highest BCUT2D eigenvalue weighted by Crippen LogP contribution is 2.21. The second kappa shape index (κ2) is 5.97. The summed E-state index contributed by atoms with van der Waals surface area (Å²) < 4.78 is 0. The molecule has 19 heavy (non-hydrogen) atoms. The molecule has 1 atom stereocenters. The molecular formula is C14H16ClN3O. The number of para-hydroxylation sites is 2. The van der Waals surface area contributed by atoms with Crippen molar-refractivity contribution in [1.82, 2.24) is 9.97 Å². The molecule has 1 amide bonds. The van der Waals surface area contributed by atoms with Crippen molar-refractivity contribution in [3.63, 3.8) is 0 Å². The lowest BCUT2D eigenvalue weighted by Crippen LogP contribution is -2.21. The van der Waals surface area contributed by atoms with E-state index in [1.165, 1.54) is 0 Å². The molecule has 0 aliphatic heterocycles. The third kappa shape index (κ3) is 3.20. The van der Waals surface area contributed by atoms with Crippen molar-refractivity contribution in [2.24, 2.45) is 5.92 Å². The summed E-state index contributed by atoms with van der Waals surface area (Å²) in [6.07, 6.45) is 1.80. The fourth-order valence-electron chi connectivity index (χ4n) is 1.86. The van der Waals surface area contributed by atoms with Crippen LogP contribution in [0.5, 0.6) is 0 Å². The zero-order valence-electron chi connectivity index (χ0n) is 11.0. The lowest BCUT2D eigenvalue weighted by atomic mass is 10.1. The molecule has 0 aliphatic carbocycles. The first kappa shape index (κ1) is 13.7. The Kier molecular flexibility index (Phi) is 4.32. The van der Waals surface area contributed by atoms with Gasteiger partial charge in [0, 0.05) is 5.92 Å². The SMILES string of the molecule is CCCC(C)C(=O)Nc1nc2ccccc2nc1Cl. The topological polar surface area (TPSA) is 54.9 Å². The average Bonchev–Trinajstić information content (AvgIpc) is 2.39. The monoisotopic (exact) mass is 277 g/mol. The van der Waals surface area contributed by atoms with Gasteiger partial charge in [-0.25, -0.2) is 9.97 Å². The van der Waals surface area contributed by atoms with E-state index in [2.05, 4.69) is 15.3 Å². The Morgan fingerprint density at radius 3 is 2.58 bits per heavy atom. The molecule has 0 aliphatic rings. The number of anilines is 1. The molecule has 2 aromatic rings. The molecule has 0 spiro atoms. The zero-order chi connectivity index (χ0) is 13.8. The van der Waals surface area contributed by atoms with E-state index in [4.69, 9.17) is 11.6 Å². The lowest BCUT2D eigenvalue weighted by molar-refractivity contribution is -0.119. The molecule has 1 aromatic carbocycles. The van der Waals surface area contributed by atoms with Gasteiger partial charge < -0.3 is 5.32 Å². The first-order chi connectivity index (χ1) is 9.11. The van der Waals surface area contributed by atoms with E-state index in [-0.39, 0.29) is 17.0 Å². The number of hydrogen-bond donors (Lipinski definition) is 1. The quantitative estimate of drug-likeness (QED) is 0.928. The number of nitrogens with zero attached hydrogens (tertiary/aromatic N) is 2. The summed E-state index contributed by atoms with van der Waals surface area (Å²) in [5.74, 6) is 0.191. The van der Waals surface area contributed by atoms with Gasteiger partial charge in [-0.15, -0.1) is 0 Å². The number of aromatic nitrogens is 2. The van der Waals surface area contributed by atoms with Gasteiger partial charge in [0.15, 0.2) is 11.0 Å². The van der Waals surface area contributed by atoms with Gasteiger partial charge >= 0.3 is 0 Å². The number of hydrogen-bond acceptors (Lipinski definition) is 3. The van der Waals surface area contributed by atoms with E-state index in [0.29, 0.717) is 16.9 Å². The van der Waals surface area contributed by atoms with Crippen LogP contribution in [0.25, 0.3) is 11.0 Å². The van der Waals surface area contributed by atoms with Crippen LogP contribution in [0.2, 0.25) is 5.15 Å². The standard InChI is InChI=1S/C14H16ClN3O/c1-3-6-9(2)14(19)18-13-12(15)16-10-7-4-5-8-11(10)17-13/h4-5,7-9H,3,6H2,1-2H3,(H,17,18,19). The lowest BCUT2D eigenvalue weighted by Gasteiger charge is -2.11. The zero-order valence-corrected chi connectivity index (χ0v) is 11.7. The molecule has 0 saturated heterocycles. The van der Waals surface area contributed by atoms with Crippen molar-refractivity contribution in [3.05, 3.63) is 29.4 Å². The fourth-order valence-corrected chi connectivity index (χ4v) is 2.04. The van der Waals surface area contributed by atoms with Crippen LogP contribution in [0.4, 0.5) is 5.82 Å². The Morgan fingerprint density at radius 2 is 1.95 bits per heavy atom. The molecule has 1 heterocycles. The largest absolute Gasteiger partial charge is 0.308 e. The van der Waals surface area contributed by atoms with Crippen LogP contribution in [0.15, 0.2) is 24.3 Å². The summed E-state index contributed by atoms with van der Waals surface area (Å²) >= 11 is 6.04. The molecule has 1 unspecified atom stereocenters. The Bertz CT molecular complexity index is 600. The van der Waals surface area contributed by atoms with Crippen molar-refractivity contribution in [2.75, 3.05) is 5.32 Å². The van der Waals surface area contributed by atoms with Crippen LogP contribution in [0.1, 0.15) is 26.7 Å². The third-order valence-electron chi connectivity index (χ3n) is 2.94. The summed E-state index contributed by atoms with van der Waals surface area (Å²) in [5.41, 5.74) is 1.43. The van der Waals surface area contributed by atoms with E-state index in [1.54, 1.807) is 0 Å². The number of amides is 1. The van der Waals surface area contributed by atoms with Crippen LogP contribution < -0.4 is 5.32 Å². The maximum Gasteiger partial charge on any atom is 0.228 e. The maximum atomic E-state index is 12.0. The van der Waals surface area contributed by atoms with Crippen molar-refractivity contribution in [3.8, 4) is 0 Å². The van der Waals surface area contributed by atoms with Gasteiger partial charge in [-0.3, -0.25) is 4.79 Å². The molecular weight excluding hydrogens is 262 g/mol. The number of carbonyl (C=O) groups excluding carboxylic acids is 1. The van der Waals surface area contributed by atoms with E-state index >= 15 is 0 Å². The molecule has 5 heteroatoms. The highest BCUT2D eigenvalue weighted by Gasteiger charge is 2.15. The normalized spacial score (nSPS) is 12.4. The van der Waals surface area contributed by atoms with E-state index in [0.717, 1.165) is 12.8 Å². The number of nitrogens with one attached hydrogen (secondary N) is 1. The molecule has 4 nitrogen and oxygen atoms in total. The van der Waals surface area contributed by atoms with Gasteiger partial charge in [-0.1, -0.05) is 44.0 Å². The summed E-state index contributed by atoms with van der Waals surface area (Å²) in [4.78, 5) is 20.5. The van der Waals surface area contributed by atoms with Crippen molar-refractivity contribution in [1.29, 1.82) is 0 Å². The second-order valence-corrected chi connectivity index (χ2v) is 4.89. The number of fused-ring (bicyclic) bond motifs is 1. The predicted octanol–water partition coefficient (Wildman–Crippen LogP) is 3.66. The second-order valence-electron chi connectivity index (χ2n) is 4.53. The summed E-state index contributed by atoms with van der Waals surface area (Å²) in [7, 11) is 0. The molecule has 1 aromatic heterocycles. The summed E-state index contributed by atoms with van der Waals surface area (Å²) in [5, 5.41) is 2.96. The number of halogens is 1. The van der Waals surface area contributed by atoms with Crippen LogP contribution in [0, 0.1) is 5.92 Å².